The first-order valence-corrected chi connectivity index (χ1v) is 11.8. The number of aromatic nitrogens is 6. The largest absolute Gasteiger partial charge is 0.298 e. The standard InChI is InChI=1S/C26H21N7S/c1-19-23(16-27)24(33(31-19)22-10-6-3-7-11-22)18-34-26-30-29-25(21-12-14-28-15-13-21)32(26)17-20-8-4-2-5-9-20/h2-15H,17-18H2,1H3. The first-order chi connectivity index (χ1) is 16.7. The lowest BCUT2D eigenvalue weighted by Crippen LogP contribution is -2.05. The maximum absolute atomic E-state index is 9.81. The minimum atomic E-state index is 0.530. The Kier molecular flexibility index (Phi) is 6.19. The summed E-state index contributed by atoms with van der Waals surface area (Å²) in [5, 5.41) is 24.2. The van der Waals surface area contributed by atoms with Gasteiger partial charge in [0.15, 0.2) is 11.0 Å². The van der Waals surface area contributed by atoms with Gasteiger partial charge in [-0.15, -0.1) is 10.2 Å². The van der Waals surface area contributed by atoms with Gasteiger partial charge in [0.25, 0.3) is 0 Å². The molecule has 0 atom stereocenters. The SMILES string of the molecule is Cc1nn(-c2ccccc2)c(CSc2nnc(-c3ccncc3)n2Cc2ccccc2)c1C#N. The third-order valence-corrected chi connectivity index (χ3v) is 6.42. The van der Waals surface area contributed by atoms with Crippen molar-refractivity contribution in [2.45, 2.75) is 24.4 Å². The van der Waals surface area contributed by atoms with Crippen LogP contribution in [0, 0.1) is 18.3 Å². The van der Waals surface area contributed by atoms with Gasteiger partial charge in [0.2, 0.25) is 0 Å². The summed E-state index contributed by atoms with van der Waals surface area (Å²) in [7, 11) is 0. The van der Waals surface area contributed by atoms with Crippen LogP contribution in [0.1, 0.15) is 22.5 Å². The summed E-state index contributed by atoms with van der Waals surface area (Å²) in [6.07, 6.45) is 3.51. The third kappa shape index (κ3) is 4.34. The second-order valence-electron chi connectivity index (χ2n) is 7.67. The number of nitrogens with zero attached hydrogens (tertiary/aromatic N) is 7. The molecule has 8 heteroatoms. The average molecular weight is 464 g/mol. The first-order valence-electron chi connectivity index (χ1n) is 10.8. The molecule has 0 unspecified atom stereocenters. The van der Waals surface area contributed by atoms with Gasteiger partial charge >= 0.3 is 0 Å². The fraction of sp³-hybridized carbons (Fsp3) is 0.115. The molecule has 0 bridgehead atoms. The van der Waals surface area contributed by atoms with Crippen LogP contribution in [0.2, 0.25) is 0 Å². The molecule has 0 aliphatic rings. The van der Waals surface area contributed by atoms with Crippen molar-refractivity contribution in [1.29, 1.82) is 5.26 Å². The van der Waals surface area contributed by atoms with Crippen LogP contribution in [-0.4, -0.2) is 29.5 Å². The van der Waals surface area contributed by atoms with E-state index in [2.05, 4.69) is 43.0 Å². The number of benzene rings is 2. The van der Waals surface area contributed by atoms with Crippen molar-refractivity contribution >= 4 is 11.8 Å². The molecule has 5 aromatic rings. The van der Waals surface area contributed by atoms with E-state index in [0.29, 0.717) is 23.6 Å². The van der Waals surface area contributed by atoms with Crippen LogP contribution in [0.25, 0.3) is 17.1 Å². The predicted molar refractivity (Wildman–Crippen MR) is 131 cm³/mol. The fourth-order valence-electron chi connectivity index (χ4n) is 3.79. The number of hydrogen-bond donors (Lipinski definition) is 0. The number of thioether (sulfide) groups is 1. The Hall–Kier alpha value is -4.22. The topological polar surface area (TPSA) is 85.2 Å². The summed E-state index contributed by atoms with van der Waals surface area (Å²) >= 11 is 1.55. The van der Waals surface area contributed by atoms with E-state index in [-0.39, 0.29) is 0 Å². The average Bonchev–Trinajstić information content (AvgIpc) is 3.44. The van der Waals surface area contributed by atoms with Gasteiger partial charge in [-0.25, -0.2) is 4.68 Å². The zero-order valence-electron chi connectivity index (χ0n) is 18.5. The van der Waals surface area contributed by atoms with Gasteiger partial charge in [-0.3, -0.25) is 9.55 Å². The molecule has 0 saturated heterocycles. The lowest BCUT2D eigenvalue weighted by Gasteiger charge is -2.11. The molecule has 0 fully saturated rings. The number of rotatable bonds is 7. The maximum Gasteiger partial charge on any atom is 0.192 e. The van der Waals surface area contributed by atoms with Crippen LogP contribution in [0.3, 0.4) is 0 Å². The van der Waals surface area contributed by atoms with Crippen LogP contribution in [-0.2, 0) is 12.3 Å². The monoisotopic (exact) mass is 463 g/mol. The Morgan fingerprint density at radius 2 is 1.62 bits per heavy atom. The van der Waals surface area contributed by atoms with Crippen molar-refractivity contribution in [3.8, 4) is 23.1 Å². The number of pyridine rings is 1. The first kappa shape index (κ1) is 21.6. The summed E-state index contributed by atoms with van der Waals surface area (Å²) in [4.78, 5) is 4.12. The molecular weight excluding hydrogens is 442 g/mol. The molecule has 3 heterocycles. The molecule has 0 saturated carbocycles. The van der Waals surface area contributed by atoms with E-state index in [9.17, 15) is 5.26 Å². The number of aryl methyl sites for hydroxylation is 1. The normalized spacial score (nSPS) is 10.8. The van der Waals surface area contributed by atoms with Gasteiger partial charge < -0.3 is 0 Å². The van der Waals surface area contributed by atoms with Crippen molar-refractivity contribution in [3.05, 3.63) is 108 Å². The Balaban J connectivity index is 1.51. The molecule has 3 aromatic heterocycles. The molecule has 0 radical (unpaired) electrons. The molecule has 0 aliphatic heterocycles. The van der Waals surface area contributed by atoms with E-state index in [1.165, 1.54) is 0 Å². The molecule has 5 rings (SSSR count). The summed E-state index contributed by atoms with van der Waals surface area (Å²) in [6.45, 7) is 2.50. The van der Waals surface area contributed by atoms with Gasteiger partial charge in [0, 0.05) is 23.7 Å². The number of nitriles is 1. The van der Waals surface area contributed by atoms with Crippen LogP contribution in [0.4, 0.5) is 0 Å². The third-order valence-electron chi connectivity index (χ3n) is 5.45. The van der Waals surface area contributed by atoms with E-state index in [1.807, 2.05) is 72.3 Å². The molecule has 0 amide bonds. The van der Waals surface area contributed by atoms with Crippen LogP contribution in [0.5, 0.6) is 0 Å². The fourth-order valence-corrected chi connectivity index (χ4v) is 4.73. The molecule has 166 valence electrons. The zero-order valence-corrected chi connectivity index (χ0v) is 19.4. The molecule has 2 aromatic carbocycles. The van der Waals surface area contributed by atoms with E-state index in [4.69, 9.17) is 0 Å². The maximum atomic E-state index is 9.81. The molecule has 0 N–H and O–H groups in total. The molecule has 0 aliphatic carbocycles. The zero-order chi connectivity index (χ0) is 23.3. The van der Waals surface area contributed by atoms with E-state index < -0.39 is 0 Å². The van der Waals surface area contributed by atoms with Crippen molar-refractivity contribution in [3.63, 3.8) is 0 Å². The van der Waals surface area contributed by atoms with Gasteiger partial charge in [-0.2, -0.15) is 10.4 Å². The predicted octanol–water partition coefficient (Wildman–Crippen LogP) is 5.05. The summed E-state index contributed by atoms with van der Waals surface area (Å²) in [6, 6.07) is 26.3. The van der Waals surface area contributed by atoms with Crippen molar-refractivity contribution in [2.24, 2.45) is 0 Å². The second-order valence-corrected chi connectivity index (χ2v) is 8.61. The smallest absolute Gasteiger partial charge is 0.192 e. The van der Waals surface area contributed by atoms with Crippen molar-refractivity contribution in [1.82, 2.24) is 29.5 Å². The Morgan fingerprint density at radius 1 is 0.912 bits per heavy atom. The summed E-state index contributed by atoms with van der Waals surface area (Å²) in [5.74, 6) is 1.31. The molecule has 34 heavy (non-hydrogen) atoms. The van der Waals surface area contributed by atoms with E-state index in [0.717, 1.165) is 33.5 Å². The minimum Gasteiger partial charge on any atom is -0.298 e. The minimum absolute atomic E-state index is 0.530. The molecule has 7 nitrogen and oxygen atoms in total. The number of para-hydroxylation sites is 1. The van der Waals surface area contributed by atoms with E-state index >= 15 is 0 Å². The number of hydrogen-bond acceptors (Lipinski definition) is 6. The Bertz CT molecular complexity index is 1440. The van der Waals surface area contributed by atoms with E-state index in [1.54, 1.807) is 24.2 Å². The molecule has 0 spiro atoms. The van der Waals surface area contributed by atoms with Crippen LogP contribution in [0.15, 0.2) is 90.3 Å². The highest BCUT2D eigenvalue weighted by molar-refractivity contribution is 7.98. The Labute approximate surface area is 201 Å². The van der Waals surface area contributed by atoms with Crippen LogP contribution >= 0.6 is 11.8 Å². The van der Waals surface area contributed by atoms with Crippen LogP contribution < -0.4 is 0 Å². The van der Waals surface area contributed by atoms with Gasteiger partial charge in [-0.1, -0.05) is 60.3 Å². The molecular formula is C26H21N7S. The highest BCUT2D eigenvalue weighted by Gasteiger charge is 2.20. The second kappa shape index (κ2) is 9.73. The summed E-state index contributed by atoms with van der Waals surface area (Å²) < 4.78 is 3.96. The Morgan fingerprint density at radius 3 is 2.32 bits per heavy atom. The quantitative estimate of drug-likeness (QED) is 0.314. The highest BCUT2D eigenvalue weighted by atomic mass is 32.2. The highest BCUT2D eigenvalue weighted by Crippen LogP contribution is 2.29. The van der Waals surface area contributed by atoms with Gasteiger partial charge in [0.1, 0.15) is 6.07 Å². The van der Waals surface area contributed by atoms with Gasteiger partial charge in [0.05, 0.1) is 29.2 Å². The van der Waals surface area contributed by atoms with Crippen molar-refractivity contribution in [2.75, 3.05) is 0 Å². The van der Waals surface area contributed by atoms with Crippen molar-refractivity contribution < 1.29 is 0 Å². The summed E-state index contributed by atoms with van der Waals surface area (Å²) in [5.41, 5.74) is 5.18. The lowest BCUT2D eigenvalue weighted by atomic mass is 10.2. The van der Waals surface area contributed by atoms with Gasteiger partial charge in [-0.05, 0) is 36.8 Å². The lowest BCUT2D eigenvalue weighted by molar-refractivity contribution is 0.714.